The maximum Gasteiger partial charge on any atom is 0.254 e. The smallest absolute Gasteiger partial charge is 0.254 e. The highest BCUT2D eigenvalue weighted by Crippen LogP contribution is 2.31. The largest absolute Gasteiger partial charge is 0.467 e. The van der Waals surface area contributed by atoms with Crippen LogP contribution in [0.2, 0.25) is 0 Å². The van der Waals surface area contributed by atoms with E-state index in [-0.39, 0.29) is 12.7 Å². The Hall–Kier alpha value is -2.41. The van der Waals surface area contributed by atoms with Gasteiger partial charge < -0.3 is 14.8 Å². The van der Waals surface area contributed by atoms with Crippen molar-refractivity contribution < 1.29 is 14.3 Å². The Labute approximate surface area is 128 Å². The molecule has 1 N–H and O–H groups in total. The van der Waals surface area contributed by atoms with E-state index in [1.54, 1.807) is 4.68 Å². The van der Waals surface area contributed by atoms with Crippen molar-refractivity contribution in [2.75, 3.05) is 13.3 Å². The third-order valence-corrected chi connectivity index (χ3v) is 3.47. The Bertz CT molecular complexity index is 683. The molecule has 1 atom stereocenters. The fraction of sp³-hybridized carbons (Fsp3) is 0.400. The molecule has 22 heavy (non-hydrogen) atoms. The minimum absolute atomic E-state index is 0.0798. The minimum Gasteiger partial charge on any atom is -0.467 e. The predicted octanol–water partition coefficient (Wildman–Crippen LogP) is 1.12. The first-order valence-corrected chi connectivity index (χ1v) is 7.14. The van der Waals surface area contributed by atoms with Crippen molar-refractivity contribution in [2.24, 2.45) is 0 Å². The third kappa shape index (κ3) is 2.94. The number of carbonyl (C=O) groups excluding carboxylic acids is 1. The first kappa shape index (κ1) is 14.5. The lowest BCUT2D eigenvalue weighted by Crippen LogP contribution is -2.35. The summed E-state index contributed by atoms with van der Waals surface area (Å²) in [6, 6.07) is 7.40. The van der Waals surface area contributed by atoms with Gasteiger partial charge in [0.25, 0.3) is 5.91 Å². The number of ether oxygens (including phenoxy) is 2. The van der Waals surface area contributed by atoms with Gasteiger partial charge in [-0.05, 0) is 19.9 Å². The van der Waals surface area contributed by atoms with Crippen molar-refractivity contribution in [1.29, 1.82) is 0 Å². The maximum atomic E-state index is 12.3. The van der Waals surface area contributed by atoms with Crippen molar-refractivity contribution in [3.8, 4) is 5.75 Å². The summed E-state index contributed by atoms with van der Waals surface area (Å²) in [4.78, 5) is 16.5. The van der Waals surface area contributed by atoms with Gasteiger partial charge in [0.05, 0.1) is 6.54 Å². The third-order valence-electron chi connectivity index (χ3n) is 3.47. The SMILES string of the molecule is Cc1nc(C)n(CCNC(=O)C2OCOc3ccccc32)n1. The van der Waals surface area contributed by atoms with Crippen molar-refractivity contribution in [3.63, 3.8) is 0 Å². The normalized spacial score (nSPS) is 16.7. The molecule has 1 aromatic carbocycles. The summed E-state index contributed by atoms with van der Waals surface area (Å²) in [6.07, 6.45) is -0.636. The quantitative estimate of drug-likeness (QED) is 0.915. The summed E-state index contributed by atoms with van der Waals surface area (Å²) in [5, 5.41) is 7.13. The number of aromatic nitrogens is 3. The monoisotopic (exact) mass is 302 g/mol. The predicted molar refractivity (Wildman–Crippen MR) is 78.3 cm³/mol. The topological polar surface area (TPSA) is 78.3 Å². The standard InChI is InChI=1S/C15H18N4O3/c1-10-17-11(2)19(18-10)8-7-16-15(20)14-12-5-3-4-6-13(12)21-9-22-14/h3-6,14H,7-9H2,1-2H3,(H,16,20). The average Bonchev–Trinajstić information content (AvgIpc) is 2.84. The fourth-order valence-corrected chi connectivity index (χ4v) is 2.45. The molecule has 1 aromatic heterocycles. The van der Waals surface area contributed by atoms with Crippen LogP contribution in [0, 0.1) is 13.8 Å². The molecule has 116 valence electrons. The highest BCUT2D eigenvalue weighted by molar-refractivity contribution is 5.83. The number of nitrogens with one attached hydrogen (secondary N) is 1. The Morgan fingerprint density at radius 2 is 2.23 bits per heavy atom. The minimum atomic E-state index is -0.636. The summed E-state index contributed by atoms with van der Waals surface area (Å²) in [7, 11) is 0. The Morgan fingerprint density at radius 1 is 1.41 bits per heavy atom. The molecule has 0 saturated carbocycles. The number of carbonyl (C=O) groups is 1. The second-order valence-corrected chi connectivity index (χ2v) is 5.07. The molecule has 0 radical (unpaired) electrons. The van der Waals surface area contributed by atoms with E-state index in [0.717, 1.165) is 17.2 Å². The summed E-state index contributed by atoms with van der Waals surface area (Å²) in [5.41, 5.74) is 0.749. The van der Waals surface area contributed by atoms with Gasteiger partial charge in [-0.1, -0.05) is 18.2 Å². The number of rotatable bonds is 4. The number of nitrogens with zero attached hydrogens (tertiary/aromatic N) is 3. The number of benzene rings is 1. The second kappa shape index (κ2) is 6.15. The fourth-order valence-electron chi connectivity index (χ4n) is 2.45. The lowest BCUT2D eigenvalue weighted by molar-refractivity contribution is -0.142. The molecular weight excluding hydrogens is 284 g/mol. The van der Waals surface area contributed by atoms with Gasteiger partial charge in [0.1, 0.15) is 17.4 Å². The van der Waals surface area contributed by atoms with Crippen LogP contribution < -0.4 is 10.1 Å². The first-order valence-electron chi connectivity index (χ1n) is 7.14. The van der Waals surface area contributed by atoms with Gasteiger partial charge in [-0.15, -0.1) is 0 Å². The van der Waals surface area contributed by atoms with Crippen molar-refractivity contribution in [2.45, 2.75) is 26.5 Å². The zero-order chi connectivity index (χ0) is 15.5. The highest BCUT2D eigenvalue weighted by Gasteiger charge is 2.28. The van der Waals surface area contributed by atoms with E-state index >= 15 is 0 Å². The molecule has 1 aliphatic heterocycles. The molecular formula is C15H18N4O3. The molecule has 7 nitrogen and oxygen atoms in total. The number of hydrogen-bond acceptors (Lipinski definition) is 5. The van der Waals surface area contributed by atoms with Crippen LogP contribution in [-0.4, -0.2) is 34.0 Å². The Kier molecular flexibility index (Phi) is 4.06. The molecule has 2 aromatic rings. The van der Waals surface area contributed by atoms with Gasteiger partial charge in [-0.25, -0.2) is 9.67 Å². The summed E-state index contributed by atoms with van der Waals surface area (Å²) in [5.74, 6) is 2.08. The molecule has 0 fully saturated rings. The van der Waals surface area contributed by atoms with Crippen LogP contribution in [0.3, 0.4) is 0 Å². The number of hydrogen-bond donors (Lipinski definition) is 1. The number of amides is 1. The van der Waals surface area contributed by atoms with E-state index in [1.807, 2.05) is 38.1 Å². The van der Waals surface area contributed by atoms with Gasteiger partial charge in [-0.2, -0.15) is 5.10 Å². The van der Waals surface area contributed by atoms with Crippen LogP contribution in [0.5, 0.6) is 5.75 Å². The zero-order valence-electron chi connectivity index (χ0n) is 12.6. The zero-order valence-corrected chi connectivity index (χ0v) is 12.6. The van der Waals surface area contributed by atoms with Crippen LogP contribution in [-0.2, 0) is 16.1 Å². The summed E-state index contributed by atoms with van der Waals surface area (Å²) < 4.78 is 12.6. The van der Waals surface area contributed by atoms with Gasteiger partial charge in [0.2, 0.25) is 0 Å². The molecule has 1 unspecified atom stereocenters. The molecule has 1 aliphatic rings. The first-order chi connectivity index (χ1) is 10.6. The molecule has 0 spiro atoms. The molecule has 0 bridgehead atoms. The maximum absolute atomic E-state index is 12.3. The van der Waals surface area contributed by atoms with E-state index in [9.17, 15) is 4.79 Å². The number of fused-ring (bicyclic) bond motifs is 1. The van der Waals surface area contributed by atoms with Crippen molar-refractivity contribution in [3.05, 3.63) is 41.5 Å². The summed E-state index contributed by atoms with van der Waals surface area (Å²) in [6.45, 7) is 4.85. The second-order valence-electron chi connectivity index (χ2n) is 5.07. The lowest BCUT2D eigenvalue weighted by Gasteiger charge is -2.25. The Balaban J connectivity index is 1.60. The van der Waals surface area contributed by atoms with E-state index in [0.29, 0.717) is 18.8 Å². The van der Waals surface area contributed by atoms with E-state index in [4.69, 9.17) is 9.47 Å². The highest BCUT2D eigenvalue weighted by atomic mass is 16.7. The van der Waals surface area contributed by atoms with Gasteiger partial charge in [0.15, 0.2) is 12.9 Å². The molecule has 0 saturated heterocycles. The van der Waals surface area contributed by atoms with Crippen molar-refractivity contribution in [1.82, 2.24) is 20.1 Å². The van der Waals surface area contributed by atoms with Crippen LogP contribution in [0.25, 0.3) is 0 Å². The molecule has 7 heteroatoms. The Morgan fingerprint density at radius 3 is 3.00 bits per heavy atom. The van der Waals surface area contributed by atoms with E-state index in [2.05, 4.69) is 15.4 Å². The number of para-hydroxylation sites is 1. The lowest BCUT2D eigenvalue weighted by atomic mass is 10.1. The summed E-state index contributed by atoms with van der Waals surface area (Å²) >= 11 is 0. The van der Waals surface area contributed by atoms with Crippen LogP contribution in [0.1, 0.15) is 23.3 Å². The van der Waals surface area contributed by atoms with Crippen LogP contribution in [0.4, 0.5) is 0 Å². The van der Waals surface area contributed by atoms with Gasteiger partial charge in [-0.3, -0.25) is 4.79 Å². The van der Waals surface area contributed by atoms with Crippen LogP contribution in [0.15, 0.2) is 24.3 Å². The molecule has 1 amide bonds. The van der Waals surface area contributed by atoms with Crippen molar-refractivity contribution >= 4 is 5.91 Å². The van der Waals surface area contributed by atoms with Crippen LogP contribution >= 0.6 is 0 Å². The molecule has 3 rings (SSSR count). The molecule has 0 aliphatic carbocycles. The number of aryl methyl sites for hydroxylation is 2. The molecule has 2 heterocycles. The average molecular weight is 302 g/mol. The van der Waals surface area contributed by atoms with Gasteiger partial charge >= 0.3 is 0 Å². The van der Waals surface area contributed by atoms with E-state index in [1.165, 1.54) is 0 Å². The van der Waals surface area contributed by atoms with Gasteiger partial charge in [0, 0.05) is 12.1 Å². The van der Waals surface area contributed by atoms with E-state index < -0.39 is 6.10 Å².